The molecule has 4 rings (SSSR count). The lowest BCUT2D eigenvalue weighted by molar-refractivity contribution is 0.0373. The molecule has 0 saturated carbocycles. The number of anilines is 3. The van der Waals surface area contributed by atoms with Crippen LogP contribution in [0.5, 0.6) is 11.5 Å². The summed E-state index contributed by atoms with van der Waals surface area (Å²) in [6.07, 6.45) is -0.614. The molecule has 0 unspecified atom stereocenters. The van der Waals surface area contributed by atoms with Gasteiger partial charge in [0.2, 0.25) is 0 Å². The van der Waals surface area contributed by atoms with Crippen molar-refractivity contribution in [1.29, 1.82) is 0 Å². The number of hydrogen-bond donors (Lipinski definition) is 4. The molecule has 0 radical (unpaired) electrons. The van der Waals surface area contributed by atoms with Crippen molar-refractivity contribution in [3.8, 4) is 11.5 Å². The van der Waals surface area contributed by atoms with Gasteiger partial charge in [0.25, 0.3) is 5.91 Å². The van der Waals surface area contributed by atoms with Gasteiger partial charge in [-0.3, -0.25) is 4.79 Å². The Balaban J connectivity index is 1.60. The topological polar surface area (TPSA) is 132 Å². The van der Waals surface area contributed by atoms with Gasteiger partial charge in [0.1, 0.15) is 17.7 Å². The third-order valence-corrected chi connectivity index (χ3v) is 7.18. The number of halogens is 1. The Hall–Kier alpha value is -4.84. The number of likely N-dealkylation sites (N-methyl/N-ethyl adjacent to an activating group) is 1. The summed E-state index contributed by atoms with van der Waals surface area (Å²) in [6.45, 7) is 3.76. The number of aliphatic hydroxyl groups excluding tert-OH is 1. The molecule has 1 aliphatic rings. The van der Waals surface area contributed by atoms with Crippen LogP contribution in [-0.4, -0.2) is 78.9 Å². The molecule has 3 atom stereocenters. The van der Waals surface area contributed by atoms with E-state index in [1.807, 2.05) is 6.92 Å². The molecule has 5 amide bonds. The first kappa shape index (κ1) is 31.1. The van der Waals surface area contributed by atoms with Crippen molar-refractivity contribution in [2.45, 2.75) is 26.0 Å². The summed E-state index contributed by atoms with van der Waals surface area (Å²) >= 11 is 0. The van der Waals surface area contributed by atoms with E-state index >= 15 is 0 Å². The highest BCUT2D eigenvalue weighted by molar-refractivity contribution is 6.04. The molecule has 0 spiro atoms. The van der Waals surface area contributed by atoms with Crippen LogP contribution in [0.15, 0.2) is 66.7 Å². The van der Waals surface area contributed by atoms with Crippen LogP contribution < -0.4 is 25.4 Å². The second kappa shape index (κ2) is 13.9. The number of aliphatic hydroxyl groups is 1. The fraction of sp³-hybridized carbons (Fsp3) is 0.323. The summed E-state index contributed by atoms with van der Waals surface area (Å²) in [6, 6.07) is 15.6. The van der Waals surface area contributed by atoms with Gasteiger partial charge in [0.15, 0.2) is 5.75 Å². The molecule has 1 aliphatic heterocycles. The largest absolute Gasteiger partial charge is 0.497 e. The Bertz CT molecular complexity index is 1440. The van der Waals surface area contributed by atoms with Crippen LogP contribution >= 0.6 is 0 Å². The Kier molecular flexibility index (Phi) is 10.0. The zero-order chi connectivity index (χ0) is 31.1. The van der Waals surface area contributed by atoms with Crippen LogP contribution in [0.3, 0.4) is 0 Å². The lowest BCUT2D eigenvalue weighted by Gasteiger charge is -2.38. The quantitative estimate of drug-likeness (QED) is 0.295. The normalized spacial score (nSPS) is 17.0. The molecule has 3 aromatic carbocycles. The van der Waals surface area contributed by atoms with E-state index in [1.54, 1.807) is 68.4 Å². The standard InChI is InChI=1S/C31H36FN5O6/c1-19-16-37(20(2)18-38)29(39)25-6-5-7-26(35-30(40)33-22-12-14-24(42-4)15-13-22)28(25)43-27(19)17-36(3)31(41)34-23-10-8-21(32)9-11-23/h5-15,19-20,27,38H,16-18H2,1-4H3,(H,34,41)(H2,33,35,40)/t19-,20+,27-/m0/s1. The number of benzene rings is 3. The predicted molar refractivity (Wildman–Crippen MR) is 161 cm³/mol. The van der Waals surface area contributed by atoms with E-state index in [0.29, 0.717) is 17.1 Å². The number of carbonyl (C=O) groups excluding carboxylic acids is 3. The Morgan fingerprint density at radius 2 is 1.72 bits per heavy atom. The molecule has 0 aromatic heterocycles. The molecular weight excluding hydrogens is 557 g/mol. The summed E-state index contributed by atoms with van der Waals surface area (Å²) in [4.78, 5) is 42.6. The van der Waals surface area contributed by atoms with Crippen molar-refractivity contribution in [2.75, 3.05) is 49.8 Å². The van der Waals surface area contributed by atoms with Crippen LogP contribution in [0.4, 0.5) is 31.0 Å². The molecule has 228 valence electrons. The molecule has 1 heterocycles. The van der Waals surface area contributed by atoms with Gasteiger partial charge in [-0.25, -0.2) is 14.0 Å². The number of urea groups is 2. The van der Waals surface area contributed by atoms with E-state index in [2.05, 4.69) is 16.0 Å². The third kappa shape index (κ3) is 7.72. The highest BCUT2D eigenvalue weighted by Gasteiger charge is 2.35. The highest BCUT2D eigenvalue weighted by atomic mass is 19.1. The molecule has 0 aliphatic carbocycles. The van der Waals surface area contributed by atoms with Gasteiger partial charge >= 0.3 is 12.1 Å². The van der Waals surface area contributed by atoms with Crippen LogP contribution in [0.1, 0.15) is 24.2 Å². The van der Waals surface area contributed by atoms with E-state index in [1.165, 1.54) is 29.2 Å². The molecule has 4 N–H and O–H groups in total. The van der Waals surface area contributed by atoms with Crippen molar-refractivity contribution in [2.24, 2.45) is 5.92 Å². The smallest absolute Gasteiger partial charge is 0.323 e. The molecule has 0 saturated heterocycles. The summed E-state index contributed by atoms with van der Waals surface area (Å²) in [5.74, 6) is -0.270. The number of amides is 5. The Morgan fingerprint density at radius 3 is 2.37 bits per heavy atom. The molecule has 3 aromatic rings. The van der Waals surface area contributed by atoms with Gasteiger partial charge in [-0.05, 0) is 67.6 Å². The van der Waals surface area contributed by atoms with E-state index < -0.39 is 30.0 Å². The van der Waals surface area contributed by atoms with Crippen molar-refractivity contribution < 1.29 is 33.4 Å². The van der Waals surface area contributed by atoms with Gasteiger partial charge in [-0.2, -0.15) is 0 Å². The number of hydrogen-bond acceptors (Lipinski definition) is 6. The van der Waals surface area contributed by atoms with Gasteiger partial charge in [-0.15, -0.1) is 0 Å². The third-order valence-electron chi connectivity index (χ3n) is 7.18. The average molecular weight is 594 g/mol. The van der Waals surface area contributed by atoms with Gasteiger partial charge in [0, 0.05) is 30.9 Å². The van der Waals surface area contributed by atoms with Crippen molar-refractivity contribution >= 4 is 35.0 Å². The minimum absolute atomic E-state index is 0.121. The summed E-state index contributed by atoms with van der Waals surface area (Å²) in [7, 11) is 3.15. The maximum absolute atomic E-state index is 13.7. The van der Waals surface area contributed by atoms with Crippen LogP contribution in [0.25, 0.3) is 0 Å². The van der Waals surface area contributed by atoms with Crippen molar-refractivity contribution in [1.82, 2.24) is 9.80 Å². The molecule has 0 fully saturated rings. The summed E-state index contributed by atoms with van der Waals surface area (Å²) in [5.41, 5.74) is 1.42. The second-order valence-corrected chi connectivity index (χ2v) is 10.4. The minimum atomic E-state index is -0.614. The summed E-state index contributed by atoms with van der Waals surface area (Å²) in [5, 5.41) is 18.1. The van der Waals surface area contributed by atoms with E-state index in [9.17, 15) is 23.9 Å². The predicted octanol–water partition coefficient (Wildman–Crippen LogP) is 4.86. The molecular formula is C31H36FN5O6. The number of ether oxygens (including phenoxy) is 2. The fourth-order valence-electron chi connectivity index (χ4n) is 4.62. The average Bonchev–Trinajstić information content (AvgIpc) is 3.00. The summed E-state index contributed by atoms with van der Waals surface area (Å²) < 4.78 is 24.9. The minimum Gasteiger partial charge on any atom is -0.497 e. The number of nitrogens with one attached hydrogen (secondary N) is 3. The van der Waals surface area contributed by atoms with Gasteiger partial charge < -0.3 is 40.3 Å². The molecule has 43 heavy (non-hydrogen) atoms. The number of methoxy groups -OCH3 is 1. The maximum Gasteiger partial charge on any atom is 0.323 e. The Morgan fingerprint density at radius 1 is 1.07 bits per heavy atom. The maximum atomic E-state index is 13.7. The first-order chi connectivity index (χ1) is 20.6. The number of carbonyl (C=O) groups is 3. The number of rotatable bonds is 8. The van der Waals surface area contributed by atoms with E-state index in [-0.39, 0.29) is 48.5 Å². The lowest BCUT2D eigenvalue weighted by Crippen LogP contribution is -2.50. The lowest BCUT2D eigenvalue weighted by atomic mass is 9.99. The number of nitrogens with zero attached hydrogens (tertiary/aromatic N) is 2. The monoisotopic (exact) mass is 593 g/mol. The molecule has 0 bridgehead atoms. The van der Waals surface area contributed by atoms with Crippen molar-refractivity contribution in [3.63, 3.8) is 0 Å². The zero-order valence-corrected chi connectivity index (χ0v) is 24.5. The Labute approximate surface area is 249 Å². The van der Waals surface area contributed by atoms with Crippen LogP contribution in [0.2, 0.25) is 0 Å². The van der Waals surface area contributed by atoms with Crippen molar-refractivity contribution in [3.05, 3.63) is 78.1 Å². The fourth-order valence-corrected chi connectivity index (χ4v) is 4.62. The van der Waals surface area contributed by atoms with E-state index in [0.717, 1.165) is 0 Å². The van der Waals surface area contributed by atoms with E-state index in [4.69, 9.17) is 9.47 Å². The SMILES string of the molecule is COc1ccc(NC(=O)Nc2cccc3c2O[C@@H](CN(C)C(=O)Nc2ccc(F)cc2)[C@@H](C)CN([C@H](C)CO)C3=O)cc1. The second-order valence-electron chi connectivity index (χ2n) is 10.4. The number of para-hydroxylation sites is 1. The zero-order valence-electron chi connectivity index (χ0n) is 24.5. The highest BCUT2D eigenvalue weighted by Crippen LogP contribution is 2.35. The van der Waals surface area contributed by atoms with Gasteiger partial charge in [-0.1, -0.05) is 13.0 Å². The van der Waals surface area contributed by atoms with Crippen LogP contribution in [0, 0.1) is 11.7 Å². The molecule has 12 heteroatoms. The van der Waals surface area contributed by atoms with Gasteiger partial charge in [0.05, 0.1) is 37.6 Å². The number of fused-ring (bicyclic) bond motifs is 1. The van der Waals surface area contributed by atoms with Crippen LogP contribution in [-0.2, 0) is 0 Å². The molecule has 11 nitrogen and oxygen atoms in total. The first-order valence-electron chi connectivity index (χ1n) is 13.8. The first-order valence-corrected chi connectivity index (χ1v) is 13.8.